The average Bonchev–Trinajstić information content (AvgIpc) is 2.70. The minimum absolute atomic E-state index is 0.142. The molecule has 1 aromatic heterocycles. The Morgan fingerprint density at radius 2 is 1.72 bits per heavy atom. The number of carbonyl (C=O) groups is 2. The number of amides is 1. The second-order valence-corrected chi connectivity index (χ2v) is 7.29. The third-order valence-corrected chi connectivity index (χ3v) is 4.74. The molecule has 0 saturated heterocycles. The molecule has 7 nitrogen and oxygen atoms in total. The van der Waals surface area contributed by atoms with Gasteiger partial charge in [-0.05, 0) is 23.8 Å². The molecular weight excluding hydrogens is 438 g/mol. The number of hydrogen-bond acceptors (Lipinski definition) is 4. The van der Waals surface area contributed by atoms with Crippen molar-refractivity contribution >= 4 is 27.8 Å². The Morgan fingerprint density at radius 1 is 1.03 bits per heavy atom. The summed E-state index contributed by atoms with van der Waals surface area (Å²) >= 11 is 3.36. The number of hydrogen-bond donors (Lipinski definition) is 2. The van der Waals surface area contributed by atoms with Crippen LogP contribution in [0.15, 0.2) is 76.0 Å². The second kappa shape index (κ2) is 9.29. The highest BCUT2D eigenvalue weighted by Gasteiger charge is 2.21. The first-order valence-corrected chi connectivity index (χ1v) is 9.62. The van der Waals surface area contributed by atoms with E-state index in [4.69, 9.17) is 0 Å². The Hall–Kier alpha value is -3.26. The number of benzene rings is 2. The largest absolute Gasteiger partial charge is 0.480 e. The molecule has 0 spiro atoms. The number of aliphatic carboxylic acids is 1. The lowest BCUT2D eigenvalue weighted by Gasteiger charge is -2.15. The maximum atomic E-state index is 12.4. The molecule has 3 aromatic rings. The molecular formula is C21H18BrN3O4. The van der Waals surface area contributed by atoms with Crippen molar-refractivity contribution in [2.45, 2.75) is 19.0 Å². The standard InChI is InChI=1S/C21H18BrN3O4/c22-16-8-6-15(7-9-16)17-10-11-20(27)25(24-17)13-19(26)23-18(21(28)29)12-14-4-2-1-3-5-14/h1-11,18H,12-13H2,(H,23,26)(H,28,29)/t18-/m0/s1. The van der Waals surface area contributed by atoms with Crippen molar-refractivity contribution in [2.24, 2.45) is 0 Å². The van der Waals surface area contributed by atoms with Gasteiger partial charge in [-0.2, -0.15) is 5.10 Å². The number of aromatic nitrogens is 2. The van der Waals surface area contributed by atoms with Crippen LogP contribution in [0.1, 0.15) is 5.56 Å². The molecule has 1 heterocycles. The Bertz CT molecular complexity index is 1070. The van der Waals surface area contributed by atoms with Gasteiger partial charge < -0.3 is 10.4 Å². The molecule has 0 aliphatic carbocycles. The van der Waals surface area contributed by atoms with Crippen molar-refractivity contribution in [2.75, 3.05) is 0 Å². The monoisotopic (exact) mass is 455 g/mol. The molecule has 0 radical (unpaired) electrons. The first-order chi connectivity index (χ1) is 13.9. The molecule has 1 atom stereocenters. The fourth-order valence-corrected chi connectivity index (χ4v) is 3.03. The minimum atomic E-state index is -1.15. The molecule has 148 valence electrons. The van der Waals surface area contributed by atoms with Gasteiger partial charge in [0.1, 0.15) is 12.6 Å². The van der Waals surface area contributed by atoms with Crippen LogP contribution in [0.4, 0.5) is 0 Å². The molecule has 0 saturated carbocycles. The number of nitrogens with zero attached hydrogens (tertiary/aromatic N) is 2. The lowest BCUT2D eigenvalue weighted by atomic mass is 10.1. The summed E-state index contributed by atoms with van der Waals surface area (Å²) in [5.74, 6) is -1.75. The normalized spacial score (nSPS) is 11.6. The number of nitrogens with one attached hydrogen (secondary N) is 1. The lowest BCUT2D eigenvalue weighted by molar-refractivity contribution is -0.141. The van der Waals surface area contributed by atoms with Crippen molar-refractivity contribution in [3.8, 4) is 11.3 Å². The van der Waals surface area contributed by atoms with Gasteiger partial charge in [-0.3, -0.25) is 9.59 Å². The van der Waals surface area contributed by atoms with Crippen LogP contribution in [0.3, 0.4) is 0 Å². The zero-order valence-electron chi connectivity index (χ0n) is 15.3. The quantitative estimate of drug-likeness (QED) is 0.569. The lowest BCUT2D eigenvalue weighted by Crippen LogP contribution is -2.44. The van der Waals surface area contributed by atoms with Gasteiger partial charge in [-0.15, -0.1) is 0 Å². The van der Waals surface area contributed by atoms with E-state index in [2.05, 4.69) is 26.3 Å². The maximum Gasteiger partial charge on any atom is 0.326 e. The topological polar surface area (TPSA) is 101 Å². The van der Waals surface area contributed by atoms with Crippen LogP contribution < -0.4 is 10.9 Å². The van der Waals surface area contributed by atoms with Crippen LogP contribution in [0.5, 0.6) is 0 Å². The average molecular weight is 456 g/mol. The number of carboxylic acid groups (broad SMARTS) is 1. The second-order valence-electron chi connectivity index (χ2n) is 6.37. The van der Waals surface area contributed by atoms with Crippen molar-refractivity contribution in [3.05, 3.63) is 87.1 Å². The van der Waals surface area contributed by atoms with Crippen molar-refractivity contribution in [1.82, 2.24) is 15.1 Å². The molecule has 3 rings (SSSR count). The fourth-order valence-electron chi connectivity index (χ4n) is 2.76. The summed E-state index contributed by atoms with van der Waals surface area (Å²) < 4.78 is 1.93. The van der Waals surface area contributed by atoms with Gasteiger partial charge in [0.2, 0.25) is 5.91 Å². The van der Waals surface area contributed by atoms with E-state index in [1.807, 2.05) is 30.3 Å². The number of carbonyl (C=O) groups excluding carboxylic acids is 1. The fraction of sp³-hybridized carbons (Fsp3) is 0.143. The van der Waals surface area contributed by atoms with E-state index < -0.39 is 23.5 Å². The predicted molar refractivity (Wildman–Crippen MR) is 111 cm³/mol. The number of rotatable bonds is 7. The summed E-state index contributed by atoms with van der Waals surface area (Å²) in [6, 6.07) is 18.2. The summed E-state index contributed by atoms with van der Waals surface area (Å²) in [6.45, 7) is -0.373. The zero-order valence-corrected chi connectivity index (χ0v) is 16.9. The first kappa shape index (κ1) is 20.5. The van der Waals surface area contributed by atoms with Crippen molar-refractivity contribution in [1.29, 1.82) is 0 Å². The van der Waals surface area contributed by atoms with E-state index in [0.29, 0.717) is 5.69 Å². The Kier molecular flexibility index (Phi) is 6.56. The zero-order chi connectivity index (χ0) is 20.8. The Labute approximate surface area is 175 Å². The molecule has 0 fully saturated rings. The van der Waals surface area contributed by atoms with Gasteiger partial charge >= 0.3 is 5.97 Å². The van der Waals surface area contributed by atoms with Crippen LogP contribution in [0.2, 0.25) is 0 Å². The van der Waals surface area contributed by atoms with E-state index >= 15 is 0 Å². The first-order valence-electron chi connectivity index (χ1n) is 8.82. The summed E-state index contributed by atoms with van der Waals surface area (Å²) in [4.78, 5) is 36.0. The van der Waals surface area contributed by atoms with Gasteiger partial charge in [0.15, 0.2) is 0 Å². The molecule has 0 aliphatic heterocycles. The van der Waals surface area contributed by atoms with E-state index in [1.54, 1.807) is 30.3 Å². The van der Waals surface area contributed by atoms with Gasteiger partial charge in [0, 0.05) is 22.5 Å². The summed E-state index contributed by atoms with van der Waals surface area (Å²) in [6.07, 6.45) is 0.142. The smallest absolute Gasteiger partial charge is 0.326 e. The Balaban J connectivity index is 1.73. The van der Waals surface area contributed by atoms with E-state index in [0.717, 1.165) is 20.3 Å². The molecule has 0 aliphatic rings. The van der Waals surface area contributed by atoms with E-state index in [9.17, 15) is 19.5 Å². The van der Waals surface area contributed by atoms with Crippen LogP contribution in [-0.4, -0.2) is 32.8 Å². The van der Waals surface area contributed by atoms with Crippen LogP contribution >= 0.6 is 15.9 Å². The number of carboxylic acids is 1. The highest BCUT2D eigenvalue weighted by Crippen LogP contribution is 2.18. The van der Waals surface area contributed by atoms with Crippen molar-refractivity contribution < 1.29 is 14.7 Å². The Morgan fingerprint density at radius 3 is 2.38 bits per heavy atom. The SMILES string of the molecule is O=C(Cn1nc(-c2ccc(Br)cc2)ccc1=O)N[C@@H](Cc1ccccc1)C(=O)O. The summed E-state index contributed by atoms with van der Waals surface area (Å²) in [7, 11) is 0. The highest BCUT2D eigenvalue weighted by atomic mass is 79.9. The molecule has 2 aromatic carbocycles. The van der Waals surface area contributed by atoms with Gasteiger partial charge in [-0.1, -0.05) is 58.4 Å². The van der Waals surface area contributed by atoms with Crippen LogP contribution in [0.25, 0.3) is 11.3 Å². The molecule has 1 amide bonds. The maximum absolute atomic E-state index is 12.4. The molecule has 0 bridgehead atoms. The third kappa shape index (κ3) is 5.61. The number of halogens is 1. The van der Waals surface area contributed by atoms with Gasteiger partial charge in [0.25, 0.3) is 5.56 Å². The summed E-state index contributed by atoms with van der Waals surface area (Å²) in [5, 5.41) is 16.1. The summed E-state index contributed by atoms with van der Waals surface area (Å²) in [5.41, 5.74) is 1.66. The minimum Gasteiger partial charge on any atom is -0.480 e. The third-order valence-electron chi connectivity index (χ3n) is 4.22. The van der Waals surface area contributed by atoms with E-state index in [1.165, 1.54) is 6.07 Å². The molecule has 0 unspecified atom stereocenters. The van der Waals surface area contributed by atoms with Crippen molar-refractivity contribution in [3.63, 3.8) is 0 Å². The predicted octanol–water partition coefficient (Wildman–Crippen LogP) is 2.48. The highest BCUT2D eigenvalue weighted by molar-refractivity contribution is 9.10. The van der Waals surface area contributed by atoms with Gasteiger partial charge in [-0.25, -0.2) is 9.48 Å². The molecule has 29 heavy (non-hydrogen) atoms. The van der Waals surface area contributed by atoms with Crippen LogP contribution in [0, 0.1) is 0 Å². The molecule has 8 heteroatoms. The molecule has 2 N–H and O–H groups in total. The van der Waals surface area contributed by atoms with Crippen LogP contribution in [-0.2, 0) is 22.6 Å². The van der Waals surface area contributed by atoms with Gasteiger partial charge in [0.05, 0.1) is 5.69 Å². The van der Waals surface area contributed by atoms with E-state index in [-0.39, 0.29) is 13.0 Å².